The zero-order chi connectivity index (χ0) is 22.6. The van der Waals surface area contributed by atoms with Crippen molar-refractivity contribution in [3.63, 3.8) is 0 Å². The van der Waals surface area contributed by atoms with Crippen molar-refractivity contribution in [1.29, 1.82) is 0 Å². The molecule has 0 spiro atoms. The minimum absolute atomic E-state index is 0.0631. The van der Waals surface area contributed by atoms with Crippen molar-refractivity contribution in [3.05, 3.63) is 64.7 Å². The molecule has 1 unspecified atom stereocenters. The van der Waals surface area contributed by atoms with Gasteiger partial charge in [0.05, 0.1) is 31.5 Å². The highest BCUT2D eigenvalue weighted by Gasteiger charge is 2.36. The van der Waals surface area contributed by atoms with Gasteiger partial charge in [0, 0.05) is 20.0 Å². The molecule has 1 heterocycles. The zero-order valence-corrected chi connectivity index (χ0v) is 19.3. The highest BCUT2D eigenvalue weighted by atomic mass is 16.5. The minimum Gasteiger partial charge on any atom is -0.485 e. The molecule has 0 amide bonds. The van der Waals surface area contributed by atoms with E-state index in [1.807, 2.05) is 0 Å². The molecule has 1 saturated carbocycles. The Kier molecular flexibility index (Phi) is 7.51. The molecule has 2 aromatic carbocycles. The predicted molar refractivity (Wildman–Crippen MR) is 124 cm³/mol. The summed E-state index contributed by atoms with van der Waals surface area (Å²) in [5.74, 6) is 0.901. The Balaban J connectivity index is 1.45. The van der Waals surface area contributed by atoms with Crippen molar-refractivity contribution in [2.75, 3.05) is 20.3 Å². The number of hydrogen-bond acceptors (Lipinski definition) is 5. The molecule has 0 bridgehead atoms. The summed E-state index contributed by atoms with van der Waals surface area (Å²) in [5, 5.41) is 19.6. The van der Waals surface area contributed by atoms with E-state index in [1.165, 1.54) is 29.5 Å². The van der Waals surface area contributed by atoms with Gasteiger partial charge in [0.15, 0.2) is 0 Å². The second kappa shape index (κ2) is 10.3. The first-order valence-corrected chi connectivity index (χ1v) is 11.8. The van der Waals surface area contributed by atoms with Gasteiger partial charge in [-0.3, -0.25) is 0 Å². The second-order valence-electron chi connectivity index (χ2n) is 9.49. The van der Waals surface area contributed by atoms with E-state index in [2.05, 4.69) is 49.4 Å². The molecule has 3 atom stereocenters. The SMILES string of the molecule is COCC1(Oc2ccc(Cc3cc([C@H]4CC(O)C[C@@H](CO)O4)ccc3C)cc2)CCCC1. The van der Waals surface area contributed by atoms with Crippen LogP contribution in [-0.4, -0.2) is 48.3 Å². The van der Waals surface area contributed by atoms with Gasteiger partial charge in [-0.25, -0.2) is 0 Å². The van der Waals surface area contributed by atoms with Crippen molar-refractivity contribution < 1.29 is 24.4 Å². The van der Waals surface area contributed by atoms with E-state index in [1.54, 1.807) is 7.11 Å². The molecule has 5 nitrogen and oxygen atoms in total. The van der Waals surface area contributed by atoms with Crippen molar-refractivity contribution in [2.24, 2.45) is 0 Å². The maximum absolute atomic E-state index is 10.2. The van der Waals surface area contributed by atoms with Crippen LogP contribution < -0.4 is 4.74 Å². The quantitative estimate of drug-likeness (QED) is 0.633. The Labute approximate surface area is 191 Å². The summed E-state index contributed by atoms with van der Waals surface area (Å²) in [5.41, 5.74) is 4.58. The molecule has 2 aliphatic rings. The highest BCUT2D eigenvalue weighted by molar-refractivity contribution is 5.38. The Morgan fingerprint density at radius 3 is 2.50 bits per heavy atom. The Hall–Kier alpha value is -1.92. The van der Waals surface area contributed by atoms with Gasteiger partial charge >= 0.3 is 0 Å². The molecule has 4 rings (SSSR count). The van der Waals surface area contributed by atoms with E-state index < -0.39 is 6.10 Å². The molecule has 5 heteroatoms. The largest absolute Gasteiger partial charge is 0.485 e. The van der Waals surface area contributed by atoms with E-state index >= 15 is 0 Å². The third kappa shape index (κ3) is 5.52. The van der Waals surface area contributed by atoms with Crippen LogP contribution in [0.25, 0.3) is 0 Å². The van der Waals surface area contributed by atoms with E-state index in [9.17, 15) is 10.2 Å². The molecular weight excluding hydrogens is 404 g/mol. The number of ether oxygens (including phenoxy) is 3. The first-order valence-electron chi connectivity index (χ1n) is 11.8. The smallest absolute Gasteiger partial charge is 0.132 e. The average molecular weight is 441 g/mol. The molecule has 2 N–H and O–H groups in total. The standard InChI is InChI=1S/C27H36O5/c1-19-5-8-21(26-16-23(29)15-25(17-28)31-26)14-22(19)13-20-6-9-24(10-7-20)32-27(18-30-2)11-3-4-12-27/h5-10,14,23,25-26,28-29H,3-4,11-13,15-18H2,1-2H3/t23?,25-,26+/m0/s1. The van der Waals surface area contributed by atoms with Crippen molar-refractivity contribution in [3.8, 4) is 5.75 Å². The second-order valence-corrected chi connectivity index (χ2v) is 9.49. The van der Waals surface area contributed by atoms with E-state index in [4.69, 9.17) is 14.2 Å². The van der Waals surface area contributed by atoms with Gasteiger partial charge in [0.2, 0.25) is 0 Å². The van der Waals surface area contributed by atoms with Crippen LogP contribution in [0.5, 0.6) is 5.75 Å². The number of aliphatic hydroxyl groups excluding tert-OH is 2. The van der Waals surface area contributed by atoms with E-state index in [0.717, 1.165) is 30.6 Å². The summed E-state index contributed by atoms with van der Waals surface area (Å²) in [7, 11) is 1.74. The molecule has 0 radical (unpaired) electrons. The predicted octanol–water partition coefficient (Wildman–Crippen LogP) is 4.50. The lowest BCUT2D eigenvalue weighted by Gasteiger charge is -2.32. The molecule has 1 saturated heterocycles. The van der Waals surface area contributed by atoms with Crippen LogP contribution in [-0.2, 0) is 15.9 Å². The monoisotopic (exact) mass is 440 g/mol. The third-order valence-electron chi connectivity index (χ3n) is 6.90. The van der Waals surface area contributed by atoms with Crippen molar-refractivity contribution in [2.45, 2.75) is 75.8 Å². The highest BCUT2D eigenvalue weighted by Crippen LogP contribution is 2.35. The number of rotatable bonds is 8. The van der Waals surface area contributed by atoms with Crippen LogP contribution >= 0.6 is 0 Å². The topological polar surface area (TPSA) is 68.2 Å². The molecule has 2 fully saturated rings. The normalized spacial score (nSPS) is 25.1. The molecule has 1 aliphatic carbocycles. The average Bonchev–Trinajstić information content (AvgIpc) is 3.24. The fraction of sp³-hybridized carbons (Fsp3) is 0.556. The maximum Gasteiger partial charge on any atom is 0.132 e. The zero-order valence-electron chi connectivity index (χ0n) is 19.3. The van der Waals surface area contributed by atoms with Crippen LogP contribution in [0.2, 0.25) is 0 Å². The van der Waals surface area contributed by atoms with Gasteiger partial charge < -0.3 is 24.4 Å². The molecular formula is C27H36O5. The fourth-order valence-corrected chi connectivity index (χ4v) is 5.11. The van der Waals surface area contributed by atoms with Gasteiger partial charge in [-0.15, -0.1) is 0 Å². The number of methoxy groups -OCH3 is 1. The Morgan fingerprint density at radius 2 is 1.81 bits per heavy atom. The molecule has 32 heavy (non-hydrogen) atoms. The van der Waals surface area contributed by atoms with Crippen LogP contribution in [0.15, 0.2) is 42.5 Å². The van der Waals surface area contributed by atoms with Crippen LogP contribution in [0.1, 0.15) is 66.9 Å². The third-order valence-corrected chi connectivity index (χ3v) is 6.90. The van der Waals surface area contributed by atoms with Crippen LogP contribution in [0, 0.1) is 6.92 Å². The van der Waals surface area contributed by atoms with Gasteiger partial charge in [0.25, 0.3) is 0 Å². The van der Waals surface area contributed by atoms with Crippen LogP contribution in [0.4, 0.5) is 0 Å². The van der Waals surface area contributed by atoms with Gasteiger partial charge in [-0.2, -0.15) is 0 Å². The minimum atomic E-state index is -0.440. The molecule has 174 valence electrons. The summed E-state index contributed by atoms with van der Waals surface area (Å²) in [4.78, 5) is 0. The number of aliphatic hydroxyl groups is 2. The number of benzene rings is 2. The maximum atomic E-state index is 10.2. The van der Waals surface area contributed by atoms with Crippen molar-refractivity contribution >= 4 is 0 Å². The molecule has 2 aromatic rings. The lowest BCUT2D eigenvalue weighted by Crippen LogP contribution is -2.37. The number of hydrogen-bond donors (Lipinski definition) is 2. The Bertz CT molecular complexity index is 872. The van der Waals surface area contributed by atoms with E-state index in [-0.39, 0.29) is 24.4 Å². The molecule has 1 aliphatic heterocycles. The van der Waals surface area contributed by atoms with Gasteiger partial charge in [-0.05, 0) is 73.4 Å². The lowest BCUT2D eigenvalue weighted by molar-refractivity contribution is -0.113. The van der Waals surface area contributed by atoms with Crippen molar-refractivity contribution in [1.82, 2.24) is 0 Å². The van der Waals surface area contributed by atoms with Gasteiger partial charge in [0.1, 0.15) is 11.4 Å². The molecule has 0 aromatic heterocycles. The summed E-state index contributed by atoms with van der Waals surface area (Å²) in [6.45, 7) is 2.69. The Morgan fingerprint density at radius 1 is 1.06 bits per heavy atom. The first kappa shape index (κ1) is 23.2. The number of aryl methyl sites for hydroxylation is 1. The van der Waals surface area contributed by atoms with E-state index in [0.29, 0.717) is 19.4 Å². The van der Waals surface area contributed by atoms with Crippen LogP contribution in [0.3, 0.4) is 0 Å². The first-order chi connectivity index (χ1) is 15.5. The summed E-state index contributed by atoms with van der Waals surface area (Å²) in [6.07, 6.45) is 5.42. The lowest BCUT2D eigenvalue weighted by atomic mass is 9.92. The fourth-order valence-electron chi connectivity index (χ4n) is 5.11. The summed E-state index contributed by atoms with van der Waals surface area (Å²) < 4.78 is 17.8. The summed E-state index contributed by atoms with van der Waals surface area (Å²) in [6, 6.07) is 14.8. The van der Waals surface area contributed by atoms with Gasteiger partial charge in [-0.1, -0.05) is 30.3 Å². The summed E-state index contributed by atoms with van der Waals surface area (Å²) >= 11 is 0.